The Morgan fingerprint density at radius 2 is 2.00 bits per heavy atom. The van der Waals surface area contributed by atoms with Gasteiger partial charge in [0.1, 0.15) is 17.8 Å². The van der Waals surface area contributed by atoms with Crippen LogP contribution in [0.25, 0.3) is 5.65 Å². The summed E-state index contributed by atoms with van der Waals surface area (Å²) in [5, 5.41) is 2.72. The highest BCUT2D eigenvalue weighted by Crippen LogP contribution is 2.40. The molecule has 0 atom stereocenters. The normalized spacial score (nSPS) is 17.2. The molecule has 2 aromatic rings. The van der Waals surface area contributed by atoms with Crippen molar-refractivity contribution in [3.8, 4) is 0 Å². The average molecular weight is 413 g/mol. The first-order valence-corrected chi connectivity index (χ1v) is 10.1. The zero-order chi connectivity index (χ0) is 21.6. The Morgan fingerprint density at radius 1 is 1.27 bits per heavy atom. The van der Waals surface area contributed by atoms with Gasteiger partial charge in [0, 0.05) is 25.0 Å². The molecule has 0 radical (unpaired) electrons. The summed E-state index contributed by atoms with van der Waals surface area (Å²) in [6.45, 7) is 6.05. The molecule has 2 fully saturated rings. The maximum absolute atomic E-state index is 12.3. The summed E-state index contributed by atoms with van der Waals surface area (Å²) >= 11 is 0. The maximum Gasteiger partial charge on any atom is 0.407 e. The highest BCUT2D eigenvalue weighted by atomic mass is 16.6. The van der Waals surface area contributed by atoms with Crippen molar-refractivity contribution in [2.45, 2.75) is 58.2 Å². The molecule has 4 rings (SSSR count). The lowest BCUT2D eigenvalue weighted by Gasteiger charge is -2.19. The number of fused-ring (bicyclic) bond motifs is 1. The predicted octanol–water partition coefficient (Wildman–Crippen LogP) is 2.63. The largest absolute Gasteiger partial charge is 0.444 e. The van der Waals surface area contributed by atoms with Gasteiger partial charge in [-0.3, -0.25) is 9.69 Å². The highest BCUT2D eigenvalue weighted by Gasteiger charge is 2.34. The van der Waals surface area contributed by atoms with Gasteiger partial charge >= 0.3 is 12.1 Å². The number of likely N-dealkylation sites (N-methyl/N-ethyl adjacent to an activating group) is 1. The number of urea groups is 1. The van der Waals surface area contributed by atoms with Crippen molar-refractivity contribution in [1.82, 2.24) is 24.5 Å². The maximum atomic E-state index is 12.3. The number of hydrogen-bond acceptors (Lipinski definition) is 5. The Hall–Kier alpha value is -3.10. The van der Waals surface area contributed by atoms with Gasteiger partial charge in [0.2, 0.25) is 5.91 Å². The molecule has 1 aliphatic heterocycles. The van der Waals surface area contributed by atoms with E-state index in [4.69, 9.17) is 4.74 Å². The van der Waals surface area contributed by atoms with Gasteiger partial charge in [-0.05, 0) is 51.2 Å². The molecule has 0 bridgehead atoms. The summed E-state index contributed by atoms with van der Waals surface area (Å²) in [7, 11) is 1.50. The predicted molar refractivity (Wildman–Crippen MR) is 109 cm³/mol. The molecule has 1 saturated heterocycles. The van der Waals surface area contributed by atoms with Crippen LogP contribution in [-0.4, -0.2) is 56.4 Å². The molecule has 0 unspecified atom stereocenters. The van der Waals surface area contributed by atoms with Crippen molar-refractivity contribution in [2.75, 3.05) is 13.6 Å². The second kappa shape index (κ2) is 7.30. The van der Waals surface area contributed by atoms with E-state index in [0.717, 1.165) is 29.0 Å². The summed E-state index contributed by atoms with van der Waals surface area (Å²) < 4.78 is 7.22. The topological polar surface area (TPSA) is 96.2 Å². The molecule has 30 heavy (non-hydrogen) atoms. The summed E-state index contributed by atoms with van der Waals surface area (Å²) in [5.74, 6) is 0.317. The molecule has 4 amide bonds. The molecular formula is C21H27N5O4. The number of imidazole rings is 1. The number of aromatic nitrogens is 2. The van der Waals surface area contributed by atoms with Crippen LogP contribution >= 0.6 is 0 Å². The molecule has 1 aliphatic carbocycles. The number of amides is 4. The van der Waals surface area contributed by atoms with Crippen LogP contribution in [0.1, 0.15) is 56.4 Å². The van der Waals surface area contributed by atoms with Gasteiger partial charge in [-0.2, -0.15) is 0 Å². The summed E-state index contributed by atoms with van der Waals surface area (Å²) in [6.07, 6.45) is 5.74. The third kappa shape index (κ3) is 4.24. The molecule has 0 spiro atoms. The van der Waals surface area contributed by atoms with Gasteiger partial charge in [0.15, 0.2) is 0 Å². The van der Waals surface area contributed by atoms with E-state index >= 15 is 0 Å². The fraction of sp³-hybridized carbons (Fsp3) is 0.524. The quantitative estimate of drug-likeness (QED) is 0.760. The van der Waals surface area contributed by atoms with Crippen molar-refractivity contribution in [3.63, 3.8) is 0 Å². The monoisotopic (exact) mass is 413 g/mol. The van der Waals surface area contributed by atoms with Gasteiger partial charge in [-0.15, -0.1) is 0 Å². The van der Waals surface area contributed by atoms with Crippen LogP contribution in [0.5, 0.6) is 0 Å². The number of hydrogen-bond donors (Lipinski definition) is 1. The van der Waals surface area contributed by atoms with Crippen LogP contribution in [0, 0.1) is 0 Å². The van der Waals surface area contributed by atoms with Crippen LogP contribution in [0.3, 0.4) is 0 Å². The third-order valence-electron chi connectivity index (χ3n) is 5.18. The van der Waals surface area contributed by atoms with Crippen molar-refractivity contribution < 1.29 is 19.1 Å². The standard InChI is InChI=1S/C21H27N5O4/c1-21(2,3)30-19(28)22-8-16-11-25-9-14(13-5-6-13)7-15(18(25)23-16)10-26-12-17(27)24(4)20(26)29/h7,9,11,13H,5-6,8,10,12H2,1-4H3,(H,22,28). The summed E-state index contributed by atoms with van der Waals surface area (Å²) in [4.78, 5) is 43.5. The number of pyridine rings is 1. The van der Waals surface area contributed by atoms with Crippen LogP contribution in [0.2, 0.25) is 0 Å². The van der Waals surface area contributed by atoms with Gasteiger partial charge in [-0.25, -0.2) is 14.6 Å². The smallest absolute Gasteiger partial charge is 0.407 e. The van der Waals surface area contributed by atoms with E-state index < -0.39 is 11.7 Å². The number of carbonyl (C=O) groups is 3. The third-order valence-corrected chi connectivity index (χ3v) is 5.18. The summed E-state index contributed by atoms with van der Waals surface area (Å²) in [5.41, 5.74) is 2.93. The number of rotatable bonds is 5. The van der Waals surface area contributed by atoms with E-state index in [1.54, 1.807) is 0 Å². The zero-order valence-corrected chi connectivity index (χ0v) is 17.8. The number of carbonyl (C=O) groups excluding carboxylic acids is 3. The van der Waals surface area contributed by atoms with Crippen LogP contribution < -0.4 is 5.32 Å². The number of nitrogens with one attached hydrogen (secondary N) is 1. The number of ether oxygens (including phenoxy) is 1. The number of nitrogens with zero attached hydrogens (tertiary/aromatic N) is 4. The lowest BCUT2D eigenvalue weighted by Crippen LogP contribution is -2.32. The minimum Gasteiger partial charge on any atom is -0.444 e. The zero-order valence-electron chi connectivity index (χ0n) is 17.8. The van der Waals surface area contributed by atoms with E-state index in [1.165, 1.54) is 17.5 Å². The first-order chi connectivity index (χ1) is 14.1. The molecule has 3 heterocycles. The fourth-order valence-corrected chi connectivity index (χ4v) is 3.55. The van der Waals surface area contributed by atoms with Crippen molar-refractivity contribution in [2.24, 2.45) is 0 Å². The van der Waals surface area contributed by atoms with E-state index in [2.05, 4.69) is 22.6 Å². The van der Waals surface area contributed by atoms with Crippen molar-refractivity contribution in [3.05, 3.63) is 35.3 Å². The number of imide groups is 1. The molecule has 160 valence electrons. The minimum absolute atomic E-state index is 0.0723. The molecule has 2 aliphatic rings. The van der Waals surface area contributed by atoms with Crippen LogP contribution in [-0.2, 0) is 22.6 Å². The molecule has 9 heteroatoms. The summed E-state index contributed by atoms with van der Waals surface area (Å²) in [6, 6.07) is 1.79. The van der Waals surface area contributed by atoms with Gasteiger partial charge < -0.3 is 19.4 Å². The molecule has 1 N–H and O–H groups in total. The Morgan fingerprint density at radius 3 is 2.60 bits per heavy atom. The van der Waals surface area contributed by atoms with Gasteiger partial charge in [0.05, 0.1) is 18.8 Å². The lowest BCUT2D eigenvalue weighted by molar-refractivity contribution is -0.124. The van der Waals surface area contributed by atoms with E-state index in [9.17, 15) is 14.4 Å². The van der Waals surface area contributed by atoms with Crippen molar-refractivity contribution >= 4 is 23.7 Å². The Balaban J connectivity index is 1.57. The van der Waals surface area contributed by atoms with Crippen molar-refractivity contribution in [1.29, 1.82) is 0 Å². The molecule has 0 aromatic carbocycles. The Kier molecular flexibility index (Phi) is 4.91. The minimum atomic E-state index is -0.567. The SMILES string of the molecule is CN1C(=O)CN(Cc2cc(C3CC3)cn3cc(CNC(=O)OC(C)(C)C)nc23)C1=O. The molecular weight excluding hydrogens is 386 g/mol. The first-order valence-electron chi connectivity index (χ1n) is 10.1. The molecule has 9 nitrogen and oxygen atoms in total. The second-order valence-corrected chi connectivity index (χ2v) is 8.98. The molecule has 2 aromatic heterocycles. The average Bonchev–Trinajstić information content (AvgIpc) is 3.37. The van der Waals surface area contributed by atoms with E-state index in [-0.39, 0.29) is 25.0 Å². The van der Waals surface area contributed by atoms with Gasteiger partial charge in [0.25, 0.3) is 0 Å². The first kappa shape index (κ1) is 20.2. The molecule has 1 saturated carbocycles. The highest BCUT2D eigenvalue weighted by molar-refractivity contribution is 6.01. The Bertz CT molecular complexity index is 1020. The Labute approximate surface area is 175 Å². The van der Waals surface area contributed by atoms with Gasteiger partial charge in [-0.1, -0.05) is 0 Å². The lowest BCUT2D eigenvalue weighted by atomic mass is 10.1. The fourth-order valence-electron chi connectivity index (χ4n) is 3.55. The van der Waals surface area contributed by atoms with Crippen LogP contribution in [0.4, 0.5) is 9.59 Å². The second-order valence-electron chi connectivity index (χ2n) is 8.98. The van der Waals surface area contributed by atoms with E-state index in [0.29, 0.717) is 18.2 Å². The van der Waals surface area contributed by atoms with E-state index in [1.807, 2.05) is 31.4 Å². The van der Waals surface area contributed by atoms with Crippen LogP contribution in [0.15, 0.2) is 18.5 Å². The number of alkyl carbamates (subject to hydrolysis) is 1.